The first-order chi connectivity index (χ1) is 11.4. The van der Waals surface area contributed by atoms with E-state index in [1.165, 1.54) is 16.8 Å². The SMILES string of the molecule is N#Cc1ccccc1Cn1ccc2ccc(C(F)(F)F)cc2c1=O. The molecule has 0 bridgehead atoms. The Labute approximate surface area is 135 Å². The molecule has 0 aliphatic heterocycles. The summed E-state index contributed by atoms with van der Waals surface area (Å²) in [6, 6.07) is 13.5. The number of pyridine rings is 1. The quantitative estimate of drug-likeness (QED) is 0.715. The zero-order chi connectivity index (χ0) is 17.3. The molecular formula is C18H11F3N2O. The number of nitriles is 1. The molecule has 0 fully saturated rings. The molecule has 0 saturated carbocycles. The van der Waals surface area contributed by atoms with Crippen LogP contribution in [0.25, 0.3) is 10.8 Å². The zero-order valence-corrected chi connectivity index (χ0v) is 12.3. The van der Waals surface area contributed by atoms with E-state index in [1.807, 2.05) is 6.07 Å². The Balaban J connectivity index is 2.12. The van der Waals surface area contributed by atoms with Crippen LogP contribution in [0.4, 0.5) is 13.2 Å². The van der Waals surface area contributed by atoms with Gasteiger partial charge in [0.15, 0.2) is 0 Å². The number of aromatic nitrogens is 1. The fourth-order valence-electron chi connectivity index (χ4n) is 2.53. The summed E-state index contributed by atoms with van der Waals surface area (Å²) in [6.45, 7) is 0.120. The number of fused-ring (bicyclic) bond motifs is 1. The maximum atomic E-state index is 12.8. The minimum atomic E-state index is -4.51. The van der Waals surface area contributed by atoms with Gasteiger partial charge in [0, 0.05) is 11.6 Å². The predicted molar refractivity (Wildman–Crippen MR) is 83.5 cm³/mol. The van der Waals surface area contributed by atoms with Crippen LogP contribution < -0.4 is 5.56 Å². The molecule has 0 amide bonds. The van der Waals surface area contributed by atoms with E-state index in [2.05, 4.69) is 0 Å². The van der Waals surface area contributed by atoms with Crippen molar-refractivity contribution < 1.29 is 13.2 Å². The minimum absolute atomic E-state index is 0.00163. The molecule has 0 aliphatic carbocycles. The van der Waals surface area contributed by atoms with E-state index in [-0.39, 0.29) is 11.9 Å². The van der Waals surface area contributed by atoms with Gasteiger partial charge in [-0.2, -0.15) is 18.4 Å². The predicted octanol–water partition coefficient (Wildman–Crippen LogP) is 3.94. The van der Waals surface area contributed by atoms with Crippen LogP contribution in [0.2, 0.25) is 0 Å². The first-order valence-electron chi connectivity index (χ1n) is 7.08. The van der Waals surface area contributed by atoms with Crippen molar-refractivity contribution in [3.63, 3.8) is 0 Å². The largest absolute Gasteiger partial charge is 0.416 e. The first kappa shape index (κ1) is 15.8. The van der Waals surface area contributed by atoms with Gasteiger partial charge >= 0.3 is 6.18 Å². The van der Waals surface area contributed by atoms with Crippen molar-refractivity contribution in [3.8, 4) is 6.07 Å². The fourth-order valence-corrected chi connectivity index (χ4v) is 2.53. The monoisotopic (exact) mass is 328 g/mol. The highest BCUT2D eigenvalue weighted by molar-refractivity contribution is 5.82. The van der Waals surface area contributed by atoms with Gasteiger partial charge in [-0.1, -0.05) is 24.3 Å². The minimum Gasteiger partial charge on any atom is -0.311 e. The van der Waals surface area contributed by atoms with Gasteiger partial charge in [0.05, 0.1) is 23.7 Å². The van der Waals surface area contributed by atoms with Gasteiger partial charge in [-0.05, 0) is 35.2 Å². The van der Waals surface area contributed by atoms with Crippen molar-refractivity contribution in [3.05, 3.63) is 81.8 Å². The molecule has 0 aliphatic rings. The first-order valence-corrected chi connectivity index (χ1v) is 7.08. The molecule has 0 radical (unpaired) electrons. The molecule has 0 atom stereocenters. The summed E-state index contributed by atoms with van der Waals surface area (Å²) in [5.41, 5.74) is -0.324. The average molecular weight is 328 g/mol. The zero-order valence-electron chi connectivity index (χ0n) is 12.3. The number of halogens is 3. The van der Waals surface area contributed by atoms with E-state index in [9.17, 15) is 18.0 Å². The van der Waals surface area contributed by atoms with Crippen LogP contribution in [0.15, 0.2) is 59.5 Å². The molecule has 3 aromatic rings. The Hall–Kier alpha value is -3.07. The maximum Gasteiger partial charge on any atom is 0.416 e. The smallest absolute Gasteiger partial charge is 0.311 e. The van der Waals surface area contributed by atoms with E-state index >= 15 is 0 Å². The molecule has 6 heteroatoms. The third kappa shape index (κ3) is 2.88. The summed E-state index contributed by atoms with van der Waals surface area (Å²) >= 11 is 0. The third-order valence-corrected chi connectivity index (χ3v) is 3.78. The van der Waals surface area contributed by atoms with Crippen LogP contribution in [0.3, 0.4) is 0 Å². The summed E-state index contributed by atoms with van der Waals surface area (Å²) in [4.78, 5) is 12.5. The highest BCUT2D eigenvalue weighted by atomic mass is 19.4. The van der Waals surface area contributed by atoms with Crippen LogP contribution in [-0.2, 0) is 12.7 Å². The van der Waals surface area contributed by atoms with E-state index in [4.69, 9.17) is 5.26 Å². The Morgan fingerprint density at radius 2 is 1.83 bits per heavy atom. The second-order valence-electron chi connectivity index (χ2n) is 5.32. The van der Waals surface area contributed by atoms with Gasteiger partial charge in [0.25, 0.3) is 5.56 Å². The second-order valence-corrected chi connectivity index (χ2v) is 5.32. The molecule has 0 unspecified atom stereocenters. The third-order valence-electron chi connectivity index (χ3n) is 3.78. The van der Waals surface area contributed by atoms with E-state index in [1.54, 1.807) is 30.3 Å². The molecule has 0 spiro atoms. The van der Waals surface area contributed by atoms with Crippen molar-refractivity contribution in [2.75, 3.05) is 0 Å². The number of benzene rings is 2. The Morgan fingerprint density at radius 1 is 1.08 bits per heavy atom. The number of alkyl halides is 3. The van der Waals surface area contributed by atoms with Gasteiger partial charge in [-0.15, -0.1) is 0 Å². The van der Waals surface area contributed by atoms with Gasteiger partial charge in [0.2, 0.25) is 0 Å². The molecule has 0 saturated heterocycles. The summed E-state index contributed by atoms with van der Waals surface area (Å²) in [5, 5.41) is 9.55. The van der Waals surface area contributed by atoms with Crippen LogP contribution in [0.1, 0.15) is 16.7 Å². The lowest BCUT2D eigenvalue weighted by Crippen LogP contribution is -2.21. The van der Waals surface area contributed by atoms with E-state index in [0.29, 0.717) is 16.5 Å². The average Bonchev–Trinajstić information content (AvgIpc) is 2.57. The van der Waals surface area contributed by atoms with E-state index in [0.717, 1.165) is 12.1 Å². The van der Waals surface area contributed by atoms with Gasteiger partial charge < -0.3 is 4.57 Å². The molecule has 2 aromatic carbocycles. The molecule has 3 nitrogen and oxygen atoms in total. The number of hydrogen-bond acceptors (Lipinski definition) is 2. The Morgan fingerprint density at radius 3 is 2.54 bits per heavy atom. The van der Waals surface area contributed by atoms with Crippen LogP contribution in [0.5, 0.6) is 0 Å². The van der Waals surface area contributed by atoms with Gasteiger partial charge in [0.1, 0.15) is 0 Å². The number of nitrogens with zero attached hydrogens (tertiary/aromatic N) is 2. The fraction of sp³-hybridized carbons (Fsp3) is 0.111. The highest BCUT2D eigenvalue weighted by Crippen LogP contribution is 2.30. The van der Waals surface area contributed by atoms with Crippen molar-refractivity contribution in [1.29, 1.82) is 5.26 Å². The van der Waals surface area contributed by atoms with E-state index < -0.39 is 17.3 Å². The van der Waals surface area contributed by atoms with Crippen molar-refractivity contribution in [1.82, 2.24) is 4.57 Å². The molecule has 3 rings (SSSR count). The second kappa shape index (κ2) is 5.85. The molecule has 0 N–H and O–H groups in total. The lowest BCUT2D eigenvalue weighted by molar-refractivity contribution is -0.137. The molecule has 1 aromatic heterocycles. The Kier molecular flexibility index (Phi) is 3.86. The van der Waals surface area contributed by atoms with Gasteiger partial charge in [-0.25, -0.2) is 0 Å². The number of rotatable bonds is 2. The lowest BCUT2D eigenvalue weighted by Gasteiger charge is -2.11. The summed E-state index contributed by atoms with van der Waals surface area (Å²) in [5.74, 6) is 0. The number of hydrogen-bond donors (Lipinski definition) is 0. The van der Waals surface area contributed by atoms with Crippen LogP contribution >= 0.6 is 0 Å². The van der Waals surface area contributed by atoms with Crippen molar-refractivity contribution in [2.45, 2.75) is 12.7 Å². The Bertz CT molecular complexity index is 1010. The van der Waals surface area contributed by atoms with Crippen LogP contribution in [0, 0.1) is 11.3 Å². The maximum absolute atomic E-state index is 12.8. The van der Waals surface area contributed by atoms with Gasteiger partial charge in [-0.3, -0.25) is 4.79 Å². The topological polar surface area (TPSA) is 45.8 Å². The highest BCUT2D eigenvalue weighted by Gasteiger charge is 2.30. The van der Waals surface area contributed by atoms with Crippen molar-refractivity contribution in [2.24, 2.45) is 0 Å². The molecular weight excluding hydrogens is 317 g/mol. The molecule has 1 heterocycles. The lowest BCUT2D eigenvalue weighted by atomic mass is 10.1. The molecule has 120 valence electrons. The van der Waals surface area contributed by atoms with Crippen molar-refractivity contribution >= 4 is 10.8 Å². The van der Waals surface area contributed by atoms with Crippen LogP contribution in [-0.4, -0.2) is 4.57 Å². The summed E-state index contributed by atoms with van der Waals surface area (Å²) in [7, 11) is 0. The standard InChI is InChI=1S/C18H11F3N2O/c19-18(20,21)15-6-5-12-7-8-23(17(24)16(12)9-15)11-14-4-2-1-3-13(14)10-22/h1-9H,11H2. The summed E-state index contributed by atoms with van der Waals surface area (Å²) < 4.78 is 39.9. The normalized spacial score (nSPS) is 11.4. The summed E-state index contributed by atoms with van der Waals surface area (Å²) in [6.07, 6.45) is -2.99. The molecule has 24 heavy (non-hydrogen) atoms.